The first-order valence-electron chi connectivity index (χ1n) is 3.23. The largest absolute Gasteiger partial charge is 0.315 e. The highest BCUT2D eigenvalue weighted by molar-refractivity contribution is 5.75. The number of carbonyl (C=O) groups excluding carboxylic acids is 1. The lowest BCUT2D eigenvalue weighted by Crippen LogP contribution is -1.80. The first kappa shape index (κ1) is 7.49. The number of hydrogen-bond acceptors (Lipinski definition) is 1. The van der Waals surface area contributed by atoms with E-state index < -0.39 is 0 Å². The van der Waals surface area contributed by atoms with Gasteiger partial charge in [0.15, 0.2) is 0 Å². The zero-order valence-electron chi connectivity index (χ0n) is 6.24. The molecule has 0 unspecified atom stereocenters. The van der Waals surface area contributed by atoms with E-state index in [0.717, 1.165) is 5.56 Å². The SMILES string of the molecule is C[O+]=Cc1ccc(C#N)cc1. The maximum absolute atomic E-state index is 8.47. The van der Waals surface area contributed by atoms with Crippen LogP contribution in [0, 0.1) is 11.3 Å². The van der Waals surface area contributed by atoms with E-state index in [2.05, 4.69) is 0 Å². The summed E-state index contributed by atoms with van der Waals surface area (Å²) in [6, 6.07) is 9.22. The molecule has 1 rings (SSSR count). The number of aldehydes is 1. The van der Waals surface area contributed by atoms with Gasteiger partial charge in [0.05, 0.1) is 17.2 Å². The van der Waals surface area contributed by atoms with E-state index in [1.165, 1.54) is 0 Å². The minimum absolute atomic E-state index is 0.665. The van der Waals surface area contributed by atoms with E-state index in [-0.39, 0.29) is 0 Å². The predicted molar refractivity (Wildman–Crippen MR) is 42.5 cm³/mol. The molecule has 2 heteroatoms. The molecule has 0 saturated carbocycles. The van der Waals surface area contributed by atoms with Crippen molar-refractivity contribution >= 4 is 6.29 Å². The van der Waals surface area contributed by atoms with Crippen LogP contribution in [-0.2, 0) is 0 Å². The maximum Gasteiger partial charge on any atom is 0.315 e. The Labute approximate surface area is 65.4 Å². The molecule has 54 valence electrons. The molecule has 1 aromatic rings. The van der Waals surface area contributed by atoms with Crippen molar-refractivity contribution in [1.29, 1.82) is 5.26 Å². The van der Waals surface area contributed by atoms with Crippen LogP contribution in [0.1, 0.15) is 15.6 Å². The van der Waals surface area contributed by atoms with Crippen molar-refractivity contribution in [2.24, 2.45) is 0 Å². The quantitative estimate of drug-likeness (QED) is 0.437. The van der Waals surface area contributed by atoms with Gasteiger partial charge >= 0.3 is 6.29 Å². The van der Waals surface area contributed by atoms with Gasteiger partial charge in [0.2, 0.25) is 0 Å². The van der Waals surface area contributed by atoms with Crippen LogP contribution >= 0.6 is 0 Å². The van der Waals surface area contributed by atoms with Crippen LogP contribution in [0.3, 0.4) is 0 Å². The van der Waals surface area contributed by atoms with E-state index in [4.69, 9.17) is 9.69 Å². The van der Waals surface area contributed by atoms with E-state index in [1.807, 2.05) is 18.2 Å². The van der Waals surface area contributed by atoms with Crippen molar-refractivity contribution in [3.63, 3.8) is 0 Å². The second-order valence-electron chi connectivity index (χ2n) is 2.09. The molecule has 1 aromatic carbocycles. The number of nitrogens with zero attached hydrogens (tertiary/aromatic N) is 1. The fourth-order valence-electron chi connectivity index (χ4n) is 0.772. The van der Waals surface area contributed by atoms with Gasteiger partial charge in [-0.2, -0.15) is 5.26 Å². The molecule has 0 amide bonds. The number of nitriles is 1. The monoisotopic (exact) mass is 146 g/mol. The van der Waals surface area contributed by atoms with Crippen molar-refractivity contribution in [3.05, 3.63) is 35.4 Å². The Morgan fingerprint density at radius 2 is 2.00 bits per heavy atom. The molecule has 0 aliphatic heterocycles. The summed E-state index contributed by atoms with van der Waals surface area (Å²) in [6.07, 6.45) is 1.63. The summed E-state index contributed by atoms with van der Waals surface area (Å²) in [5, 5.41) is 8.47. The normalized spacial score (nSPS) is 9.82. The molecule has 11 heavy (non-hydrogen) atoms. The lowest BCUT2D eigenvalue weighted by molar-refractivity contribution is -0.217. The highest BCUT2D eigenvalue weighted by atomic mass is 16.4. The molecule has 0 N–H and O–H groups in total. The van der Waals surface area contributed by atoms with Crippen LogP contribution in [0.5, 0.6) is 0 Å². The van der Waals surface area contributed by atoms with Crippen LogP contribution in [0.15, 0.2) is 24.3 Å². The summed E-state index contributed by atoms with van der Waals surface area (Å²) in [4.78, 5) is 0. The Hall–Kier alpha value is -1.62. The molecule has 0 fully saturated rings. The van der Waals surface area contributed by atoms with E-state index in [9.17, 15) is 0 Å². The molecular weight excluding hydrogens is 138 g/mol. The Morgan fingerprint density at radius 3 is 2.45 bits per heavy atom. The van der Waals surface area contributed by atoms with Gasteiger partial charge in [-0.05, 0) is 24.3 Å². The first-order valence-corrected chi connectivity index (χ1v) is 3.23. The number of hydrogen-bond donors (Lipinski definition) is 0. The zero-order valence-corrected chi connectivity index (χ0v) is 6.24. The summed E-state index contributed by atoms with van der Waals surface area (Å²) in [5.41, 5.74) is 1.63. The third-order valence-corrected chi connectivity index (χ3v) is 1.29. The van der Waals surface area contributed by atoms with E-state index in [0.29, 0.717) is 5.56 Å². The molecule has 0 aromatic heterocycles. The Morgan fingerprint density at radius 1 is 1.36 bits per heavy atom. The third kappa shape index (κ3) is 1.91. The Bertz CT molecular complexity index is 292. The number of rotatable bonds is 1. The molecule has 0 aliphatic carbocycles. The van der Waals surface area contributed by atoms with Gasteiger partial charge in [0.25, 0.3) is 7.11 Å². The van der Waals surface area contributed by atoms with Crippen LogP contribution in [0.25, 0.3) is 0 Å². The molecular formula is C9H8NO+. The van der Waals surface area contributed by atoms with Gasteiger partial charge in [-0.15, -0.1) is 0 Å². The molecule has 0 bridgehead atoms. The second kappa shape index (κ2) is 3.52. The topological polar surface area (TPSA) is 35.1 Å². The van der Waals surface area contributed by atoms with Crippen LogP contribution in [-0.4, -0.2) is 13.4 Å². The van der Waals surface area contributed by atoms with Gasteiger partial charge in [-0.25, -0.2) is 0 Å². The van der Waals surface area contributed by atoms with E-state index in [1.54, 1.807) is 25.5 Å². The summed E-state index contributed by atoms with van der Waals surface area (Å²) < 4.78 is 4.79. The maximum atomic E-state index is 8.47. The zero-order chi connectivity index (χ0) is 8.10. The van der Waals surface area contributed by atoms with Crippen molar-refractivity contribution < 1.29 is 4.42 Å². The second-order valence-corrected chi connectivity index (χ2v) is 2.09. The van der Waals surface area contributed by atoms with Crippen LogP contribution in [0.4, 0.5) is 0 Å². The smallest absolute Gasteiger partial charge is 0.265 e. The Kier molecular flexibility index (Phi) is 2.40. The molecule has 0 spiro atoms. The molecule has 0 saturated heterocycles. The van der Waals surface area contributed by atoms with Gasteiger partial charge in [-0.3, -0.25) is 4.42 Å². The summed E-state index contributed by atoms with van der Waals surface area (Å²) in [6.45, 7) is 0. The highest BCUT2D eigenvalue weighted by Crippen LogP contribution is 1.99. The van der Waals surface area contributed by atoms with Gasteiger partial charge in [0, 0.05) is 0 Å². The predicted octanol–water partition coefficient (Wildman–Crippen LogP) is 1.54. The lowest BCUT2D eigenvalue weighted by atomic mass is 10.2. The fraction of sp³-hybridized carbons (Fsp3) is 0.111. The fourth-order valence-corrected chi connectivity index (χ4v) is 0.772. The molecule has 0 radical (unpaired) electrons. The standard InChI is InChI=1S/C9H8NO/c1-11-7-9-4-2-8(6-10)3-5-9/h2-5,7H,1H3/q+1. The summed E-state index contributed by atoms with van der Waals surface area (Å²) in [7, 11) is 1.60. The number of benzene rings is 1. The third-order valence-electron chi connectivity index (χ3n) is 1.29. The molecule has 0 heterocycles. The molecule has 0 atom stereocenters. The van der Waals surface area contributed by atoms with Gasteiger partial charge < -0.3 is 0 Å². The van der Waals surface area contributed by atoms with Crippen molar-refractivity contribution in [1.82, 2.24) is 0 Å². The van der Waals surface area contributed by atoms with Gasteiger partial charge in [-0.1, -0.05) is 0 Å². The average Bonchev–Trinajstić information content (AvgIpc) is 2.07. The van der Waals surface area contributed by atoms with E-state index >= 15 is 0 Å². The van der Waals surface area contributed by atoms with Gasteiger partial charge in [0.1, 0.15) is 0 Å². The lowest BCUT2D eigenvalue weighted by Gasteiger charge is -1.85. The minimum Gasteiger partial charge on any atom is -0.265 e. The molecule has 0 aliphatic rings. The minimum atomic E-state index is 0.665. The summed E-state index contributed by atoms with van der Waals surface area (Å²) in [5.74, 6) is 0. The first-order chi connectivity index (χ1) is 5.36. The van der Waals surface area contributed by atoms with Crippen LogP contribution in [0.2, 0.25) is 0 Å². The van der Waals surface area contributed by atoms with Crippen molar-refractivity contribution in [2.45, 2.75) is 0 Å². The van der Waals surface area contributed by atoms with Crippen LogP contribution < -0.4 is 0 Å². The highest BCUT2D eigenvalue weighted by Gasteiger charge is 1.93. The summed E-state index contributed by atoms with van der Waals surface area (Å²) >= 11 is 0. The van der Waals surface area contributed by atoms with Crippen molar-refractivity contribution in [2.75, 3.05) is 7.11 Å². The average molecular weight is 146 g/mol. The Balaban J connectivity index is 2.94. The van der Waals surface area contributed by atoms with Crippen molar-refractivity contribution in [3.8, 4) is 6.07 Å². The molecule has 2 nitrogen and oxygen atoms in total.